The maximum atomic E-state index is 12.5. The van der Waals surface area contributed by atoms with Gasteiger partial charge < -0.3 is 15.2 Å². The van der Waals surface area contributed by atoms with Gasteiger partial charge in [0.15, 0.2) is 0 Å². The molecule has 1 aliphatic rings. The number of likely N-dealkylation sites (tertiary alicyclic amines) is 1. The maximum absolute atomic E-state index is 12.5. The van der Waals surface area contributed by atoms with Gasteiger partial charge in [-0.3, -0.25) is 4.57 Å². The highest BCUT2D eigenvalue weighted by Gasteiger charge is 2.26. The number of amides is 2. The van der Waals surface area contributed by atoms with E-state index in [0.717, 1.165) is 11.0 Å². The molecule has 1 fully saturated rings. The summed E-state index contributed by atoms with van der Waals surface area (Å²) in [5.74, 6) is 0. The number of benzene rings is 1. The quantitative estimate of drug-likeness (QED) is 0.634. The predicted molar refractivity (Wildman–Crippen MR) is 106 cm³/mol. The fourth-order valence-corrected chi connectivity index (χ4v) is 3.96. The van der Waals surface area contributed by atoms with E-state index >= 15 is 0 Å². The minimum absolute atomic E-state index is 0.0579. The SMILES string of the molecule is O=C(Nc1cc(Cl)nc(Cl)c1)N1CCC(n2c(=O)[nH]c3ccccc32)CC1. The number of hydrogen-bond donors (Lipinski definition) is 2. The molecular formula is C18H17Cl2N5O2. The minimum atomic E-state index is -0.224. The van der Waals surface area contributed by atoms with Crippen LogP contribution >= 0.6 is 23.2 Å². The molecule has 2 aromatic heterocycles. The van der Waals surface area contributed by atoms with E-state index in [9.17, 15) is 9.59 Å². The smallest absolute Gasteiger partial charge is 0.324 e. The molecule has 0 atom stereocenters. The summed E-state index contributed by atoms with van der Waals surface area (Å²) in [4.78, 5) is 33.3. The van der Waals surface area contributed by atoms with E-state index in [0.29, 0.717) is 31.6 Å². The van der Waals surface area contributed by atoms with E-state index in [1.54, 1.807) is 21.6 Å². The summed E-state index contributed by atoms with van der Waals surface area (Å²) in [6.45, 7) is 1.10. The third kappa shape index (κ3) is 3.65. The number of anilines is 1. The predicted octanol–water partition coefficient (Wildman–Crippen LogP) is 3.90. The van der Waals surface area contributed by atoms with Crippen molar-refractivity contribution in [3.05, 3.63) is 57.2 Å². The molecule has 0 spiro atoms. The van der Waals surface area contributed by atoms with E-state index in [4.69, 9.17) is 23.2 Å². The Labute approximate surface area is 164 Å². The molecule has 4 rings (SSSR count). The van der Waals surface area contributed by atoms with Gasteiger partial charge in [-0.2, -0.15) is 0 Å². The van der Waals surface area contributed by atoms with Crippen LogP contribution in [-0.4, -0.2) is 38.6 Å². The molecule has 1 saturated heterocycles. The van der Waals surface area contributed by atoms with Gasteiger partial charge in [0.05, 0.1) is 11.0 Å². The second-order valence-corrected chi connectivity index (χ2v) is 7.24. The molecular weight excluding hydrogens is 389 g/mol. The van der Waals surface area contributed by atoms with Crippen LogP contribution in [0.5, 0.6) is 0 Å². The van der Waals surface area contributed by atoms with Crippen LogP contribution in [0.3, 0.4) is 0 Å². The Balaban J connectivity index is 1.44. The first kappa shape index (κ1) is 17.9. The van der Waals surface area contributed by atoms with Gasteiger partial charge in [-0.15, -0.1) is 0 Å². The number of nitrogens with one attached hydrogen (secondary N) is 2. The van der Waals surface area contributed by atoms with Crippen LogP contribution in [0, 0.1) is 0 Å². The van der Waals surface area contributed by atoms with Gasteiger partial charge in [-0.25, -0.2) is 14.6 Å². The monoisotopic (exact) mass is 405 g/mol. The lowest BCUT2D eigenvalue weighted by molar-refractivity contribution is 0.184. The Hall–Kier alpha value is -2.51. The fourth-order valence-electron chi connectivity index (χ4n) is 3.50. The Bertz CT molecular complexity index is 1030. The molecule has 27 heavy (non-hydrogen) atoms. The molecule has 3 heterocycles. The molecule has 0 bridgehead atoms. The van der Waals surface area contributed by atoms with Crippen molar-refractivity contribution in [1.82, 2.24) is 19.4 Å². The summed E-state index contributed by atoms with van der Waals surface area (Å²) < 4.78 is 1.80. The van der Waals surface area contributed by atoms with Crippen molar-refractivity contribution < 1.29 is 4.79 Å². The summed E-state index contributed by atoms with van der Waals surface area (Å²) in [6.07, 6.45) is 1.40. The molecule has 140 valence electrons. The average Bonchev–Trinajstić information content (AvgIpc) is 2.96. The maximum Gasteiger partial charge on any atom is 0.326 e. The zero-order valence-corrected chi connectivity index (χ0v) is 15.8. The average molecular weight is 406 g/mol. The normalized spacial score (nSPS) is 15.3. The molecule has 1 aromatic carbocycles. The van der Waals surface area contributed by atoms with Crippen molar-refractivity contribution in [2.24, 2.45) is 0 Å². The number of piperidine rings is 1. The Morgan fingerprint density at radius 2 is 1.81 bits per heavy atom. The van der Waals surface area contributed by atoms with E-state index in [-0.39, 0.29) is 28.1 Å². The van der Waals surface area contributed by atoms with Gasteiger partial charge in [0.25, 0.3) is 0 Å². The topological polar surface area (TPSA) is 83.0 Å². The lowest BCUT2D eigenvalue weighted by atomic mass is 10.0. The number of aromatic amines is 1. The first-order valence-electron chi connectivity index (χ1n) is 8.59. The van der Waals surface area contributed by atoms with Crippen LogP contribution in [0.1, 0.15) is 18.9 Å². The number of hydrogen-bond acceptors (Lipinski definition) is 3. The largest absolute Gasteiger partial charge is 0.326 e. The van der Waals surface area contributed by atoms with Crippen LogP contribution in [0.15, 0.2) is 41.2 Å². The van der Waals surface area contributed by atoms with Crippen molar-refractivity contribution in [1.29, 1.82) is 0 Å². The number of urea groups is 1. The Morgan fingerprint density at radius 3 is 2.52 bits per heavy atom. The number of para-hydroxylation sites is 2. The number of pyridine rings is 1. The van der Waals surface area contributed by atoms with Crippen LogP contribution < -0.4 is 11.0 Å². The van der Waals surface area contributed by atoms with E-state index < -0.39 is 0 Å². The van der Waals surface area contributed by atoms with Crippen molar-refractivity contribution in [2.45, 2.75) is 18.9 Å². The zero-order chi connectivity index (χ0) is 19.0. The molecule has 2 N–H and O–H groups in total. The van der Waals surface area contributed by atoms with Crippen molar-refractivity contribution in [3.8, 4) is 0 Å². The second kappa shape index (κ2) is 7.25. The number of nitrogens with zero attached hydrogens (tertiary/aromatic N) is 3. The van der Waals surface area contributed by atoms with Crippen molar-refractivity contribution in [3.63, 3.8) is 0 Å². The lowest BCUT2D eigenvalue weighted by Gasteiger charge is -2.32. The van der Waals surface area contributed by atoms with Gasteiger partial charge in [0, 0.05) is 24.8 Å². The molecule has 2 amide bonds. The molecule has 0 unspecified atom stereocenters. The number of carbonyl (C=O) groups excluding carboxylic acids is 1. The molecule has 0 saturated carbocycles. The van der Waals surface area contributed by atoms with Gasteiger partial charge in [0.2, 0.25) is 0 Å². The van der Waals surface area contributed by atoms with Crippen LogP contribution in [0.4, 0.5) is 10.5 Å². The summed E-state index contributed by atoms with van der Waals surface area (Å²) in [6, 6.07) is 10.6. The van der Waals surface area contributed by atoms with Gasteiger partial charge in [0.1, 0.15) is 10.3 Å². The number of halogens is 2. The number of fused-ring (bicyclic) bond motifs is 1. The summed E-state index contributed by atoms with van der Waals surface area (Å²) in [5, 5.41) is 3.22. The summed E-state index contributed by atoms with van der Waals surface area (Å²) in [7, 11) is 0. The number of aromatic nitrogens is 3. The van der Waals surface area contributed by atoms with Crippen LogP contribution in [-0.2, 0) is 0 Å². The van der Waals surface area contributed by atoms with Crippen molar-refractivity contribution in [2.75, 3.05) is 18.4 Å². The molecule has 3 aromatic rings. The van der Waals surface area contributed by atoms with Gasteiger partial charge >= 0.3 is 11.7 Å². The molecule has 0 radical (unpaired) electrons. The standard InChI is InChI=1S/C18H17Cl2N5O2/c19-15-9-11(10-16(20)23-15)21-17(26)24-7-5-12(6-8-24)25-14-4-2-1-3-13(14)22-18(25)27/h1-4,9-10,12H,5-8H2,(H,22,27)(H,21,23,26). The zero-order valence-electron chi connectivity index (χ0n) is 14.3. The highest BCUT2D eigenvalue weighted by atomic mass is 35.5. The number of imidazole rings is 1. The van der Waals surface area contributed by atoms with Crippen molar-refractivity contribution >= 4 is 46.0 Å². The first-order chi connectivity index (χ1) is 13.0. The summed E-state index contributed by atoms with van der Waals surface area (Å²) >= 11 is 11.7. The molecule has 1 aliphatic heterocycles. The Kier molecular flexibility index (Phi) is 4.80. The third-order valence-electron chi connectivity index (χ3n) is 4.75. The first-order valence-corrected chi connectivity index (χ1v) is 9.35. The van der Waals surface area contributed by atoms with Crippen LogP contribution in [0.25, 0.3) is 11.0 Å². The van der Waals surface area contributed by atoms with E-state index in [2.05, 4.69) is 15.3 Å². The Morgan fingerprint density at radius 1 is 1.15 bits per heavy atom. The number of rotatable bonds is 2. The minimum Gasteiger partial charge on any atom is -0.324 e. The molecule has 7 nitrogen and oxygen atoms in total. The van der Waals surface area contributed by atoms with E-state index in [1.807, 2.05) is 24.3 Å². The molecule has 9 heteroatoms. The van der Waals surface area contributed by atoms with Crippen LogP contribution in [0.2, 0.25) is 10.3 Å². The van der Waals surface area contributed by atoms with E-state index in [1.165, 1.54) is 0 Å². The third-order valence-corrected chi connectivity index (χ3v) is 5.14. The lowest BCUT2D eigenvalue weighted by Crippen LogP contribution is -2.42. The summed E-state index contributed by atoms with van der Waals surface area (Å²) in [5.41, 5.74) is 2.11. The number of H-pyrrole nitrogens is 1. The second-order valence-electron chi connectivity index (χ2n) is 6.47. The fraction of sp³-hybridized carbons (Fsp3) is 0.278. The highest BCUT2D eigenvalue weighted by molar-refractivity contribution is 6.32. The number of carbonyl (C=O) groups is 1. The van der Waals surface area contributed by atoms with Gasteiger partial charge in [-0.1, -0.05) is 35.3 Å². The highest BCUT2D eigenvalue weighted by Crippen LogP contribution is 2.25. The molecule has 0 aliphatic carbocycles. The van der Waals surface area contributed by atoms with Gasteiger partial charge in [-0.05, 0) is 37.1 Å².